The Morgan fingerprint density at radius 3 is 0.880 bits per heavy atom. The Bertz CT molecular complexity index is 2680. The Hall–Kier alpha value is -5.35. The van der Waals surface area contributed by atoms with Gasteiger partial charge in [0.2, 0.25) is 0 Å². The van der Waals surface area contributed by atoms with Gasteiger partial charge in [-0.2, -0.15) is 0 Å². The van der Waals surface area contributed by atoms with Crippen LogP contribution in [-0.2, 0) is 78.2 Å². The number of carbonyl (C=O) groups is 1. The number of hydrogen-bond acceptors (Lipinski definition) is 9. The maximum atomic E-state index is 13.9. The molecule has 1 heterocycles. The zero-order chi connectivity index (χ0) is 54.8. The third-order valence-electron chi connectivity index (χ3n) is 14.7. The van der Waals surface area contributed by atoms with E-state index in [1.807, 2.05) is 6.92 Å². The van der Waals surface area contributed by atoms with Crippen LogP contribution in [0.2, 0.25) is 0 Å². The number of esters is 1. The number of carbonyl (C=O) groups excluding carboxylic acids is 1. The van der Waals surface area contributed by atoms with Crippen molar-refractivity contribution in [2.45, 2.75) is 176 Å². The van der Waals surface area contributed by atoms with Gasteiger partial charge in [0.05, 0.1) is 39.6 Å². The fraction of sp³-hybridized carbons (Fsp3) is 0.530. The van der Waals surface area contributed by atoms with Crippen LogP contribution in [0.3, 0.4) is 0 Å². The Labute approximate surface area is 449 Å². The van der Waals surface area contributed by atoms with Crippen molar-refractivity contribution in [3.63, 3.8) is 0 Å². The van der Waals surface area contributed by atoms with Crippen LogP contribution in [0.1, 0.15) is 201 Å². The Morgan fingerprint density at radius 1 is 0.387 bits per heavy atom. The standard InChI is InChI=1S/C66H88O9/c1-17-56(67)75-61-49-29-47-37-53(64(8,9)10)35-45-27-43-33-51(62(2,3)4)31-41(57(43)68)26-42-32-52(63(5,6)7)34-44(58(42)69)28-46-36-54(65(11,12)13)38-48(30-50(61)40-55(39-49)66(14,15)16)60(46)74-25-23-72-21-19-70-18-20-71-22-24-73-59(45)47/h31-40,68-69H,17-30H2,1-16H3. The lowest BCUT2D eigenvalue weighted by molar-refractivity contribution is -0.134. The minimum absolute atomic E-state index is 0.190. The summed E-state index contributed by atoms with van der Waals surface area (Å²) in [5, 5.41) is 25.5. The van der Waals surface area contributed by atoms with Gasteiger partial charge in [-0.15, -0.1) is 0 Å². The summed E-state index contributed by atoms with van der Waals surface area (Å²) in [5.74, 6) is 1.98. The molecule has 1 aliphatic heterocycles. The number of ether oxygens (including phenoxy) is 6. The van der Waals surface area contributed by atoms with Gasteiger partial charge in [-0.3, -0.25) is 4.79 Å². The number of aromatic hydroxyl groups is 2. The molecule has 9 nitrogen and oxygen atoms in total. The predicted octanol–water partition coefficient (Wildman–Crippen LogP) is 14.0. The van der Waals surface area contributed by atoms with Crippen LogP contribution >= 0.6 is 0 Å². The van der Waals surface area contributed by atoms with Crippen LogP contribution in [0.5, 0.6) is 28.7 Å². The highest BCUT2D eigenvalue weighted by Gasteiger charge is 2.30. The van der Waals surface area contributed by atoms with Crippen molar-refractivity contribution in [3.8, 4) is 28.7 Å². The molecule has 406 valence electrons. The first-order chi connectivity index (χ1) is 35.0. The van der Waals surface area contributed by atoms with E-state index in [0.717, 1.165) is 83.5 Å². The maximum absolute atomic E-state index is 13.9. The molecule has 2 aliphatic rings. The van der Waals surface area contributed by atoms with Crippen molar-refractivity contribution in [1.82, 2.24) is 0 Å². The monoisotopic (exact) mass is 1020 g/mol. The molecule has 0 saturated heterocycles. The summed E-state index contributed by atoms with van der Waals surface area (Å²) in [5.41, 5.74) is 12.5. The summed E-state index contributed by atoms with van der Waals surface area (Å²) in [7, 11) is 0. The minimum atomic E-state index is -0.327. The summed E-state index contributed by atoms with van der Waals surface area (Å²) in [6, 6.07) is 21.9. The van der Waals surface area contributed by atoms with E-state index < -0.39 is 0 Å². The quantitative estimate of drug-likeness (QED) is 0.129. The molecule has 0 saturated carbocycles. The summed E-state index contributed by atoms with van der Waals surface area (Å²) >= 11 is 0. The predicted molar refractivity (Wildman–Crippen MR) is 302 cm³/mol. The smallest absolute Gasteiger partial charge is 0.310 e. The molecule has 0 atom stereocenters. The van der Waals surface area contributed by atoms with Crippen molar-refractivity contribution in [3.05, 3.63) is 144 Å². The molecule has 7 rings (SSSR count). The van der Waals surface area contributed by atoms with E-state index in [-0.39, 0.29) is 64.2 Å². The molecule has 12 bridgehead atoms. The molecule has 5 aromatic rings. The third-order valence-corrected chi connectivity index (χ3v) is 14.7. The van der Waals surface area contributed by atoms with E-state index in [1.54, 1.807) is 0 Å². The lowest BCUT2D eigenvalue weighted by Gasteiger charge is -2.28. The van der Waals surface area contributed by atoms with Crippen LogP contribution in [0.25, 0.3) is 0 Å². The first kappa shape index (κ1) is 57.4. The van der Waals surface area contributed by atoms with Gasteiger partial charge in [0.1, 0.15) is 42.0 Å². The summed E-state index contributed by atoms with van der Waals surface area (Å²) in [4.78, 5) is 13.9. The zero-order valence-electron chi connectivity index (χ0n) is 48.4. The molecule has 0 radical (unpaired) electrons. The molecule has 0 fully saturated rings. The van der Waals surface area contributed by atoms with E-state index >= 15 is 0 Å². The van der Waals surface area contributed by atoms with Crippen molar-refractivity contribution < 1.29 is 43.4 Å². The maximum Gasteiger partial charge on any atom is 0.310 e. The van der Waals surface area contributed by atoms with Crippen LogP contribution < -0.4 is 14.2 Å². The van der Waals surface area contributed by atoms with Crippen LogP contribution in [0, 0.1) is 0 Å². The van der Waals surface area contributed by atoms with Gasteiger partial charge in [0, 0.05) is 49.7 Å². The van der Waals surface area contributed by atoms with Gasteiger partial charge < -0.3 is 38.6 Å². The Kier molecular flexibility index (Phi) is 17.4. The van der Waals surface area contributed by atoms with E-state index in [1.165, 1.54) is 0 Å². The fourth-order valence-corrected chi connectivity index (χ4v) is 9.94. The van der Waals surface area contributed by atoms with Crippen LogP contribution in [0.4, 0.5) is 0 Å². The van der Waals surface area contributed by atoms with Gasteiger partial charge in [-0.05, 0) is 99.4 Å². The lowest BCUT2D eigenvalue weighted by atomic mass is 9.79. The second kappa shape index (κ2) is 22.7. The normalized spacial score (nSPS) is 15.8. The highest BCUT2D eigenvalue weighted by atomic mass is 16.6. The highest BCUT2D eigenvalue weighted by Crippen LogP contribution is 2.45. The summed E-state index contributed by atoms with van der Waals surface area (Å²) in [6.07, 6.45) is 2.01. The van der Waals surface area contributed by atoms with E-state index in [4.69, 9.17) is 28.4 Å². The first-order valence-corrected chi connectivity index (χ1v) is 27.4. The van der Waals surface area contributed by atoms with Crippen molar-refractivity contribution in [1.29, 1.82) is 0 Å². The summed E-state index contributed by atoms with van der Waals surface area (Å²) < 4.78 is 38.7. The summed E-state index contributed by atoms with van der Waals surface area (Å²) in [6.45, 7) is 37.8. The number of phenols is 2. The van der Waals surface area contributed by atoms with Crippen LogP contribution in [-0.4, -0.2) is 69.0 Å². The molecule has 2 N–H and O–H groups in total. The topological polar surface area (TPSA) is 113 Å². The molecule has 5 aromatic carbocycles. The highest BCUT2D eigenvalue weighted by molar-refractivity contribution is 5.74. The average Bonchev–Trinajstić information content (AvgIpc) is 3.29. The number of benzene rings is 5. The minimum Gasteiger partial charge on any atom is -0.507 e. The lowest BCUT2D eigenvalue weighted by Crippen LogP contribution is -2.19. The zero-order valence-corrected chi connectivity index (χ0v) is 48.4. The molecular formula is C66H88O9. The first-order valence-electron chi connectivity index (χ1n) is 27.4. The largest absolute Gasteiger partial charge is 0.507 e. The van der Waals surface area contributed by atoms with Gasteiger partial charge in [0.25, 0.3) is 0 Å². The Morgan fingerprint density at radius 2 is 0.613 bits per heavy atom. The molecule has 0 amide bonds. The molecule has 1 aliphatic carbocycles. The molecule has 0 unspecified atom stereocenters. The fourth-order valence-electron chi connectivity index (χ4n) is 9.94. The third kappa shape index (κ3) is 14.2. The number of rotatable bonds is 2. The average molecular weight is 1030 g/mol. The van der Waals surface area contributed by atoms with Crippen molar-refractivity contribution in [2.75, 3.05) is 52.9 Å². The van der Waals surface area contributed by atoms with E-state index in [9.17, 15) is 15.0 Å². The van der Waals surface area contributed by atoms with E-state index in [0.29, 0.717) is 89.0 Å². The Balaban J connectivity index is 1.67. The molecule has 9 heteroatoms. The van der Waals surface area contributed by atoms with Gasteiger partial charge in [-0.1, -0.05) is 171 Å². The number of hydrogen-bond donors (Lipinski definition) is 2. The molecular weight excluding hydrogens is 937 g/mol. The molecule has 0 aromatic heterocycles. The van der Waals surface area contributed by atoms with Gasteiger partial charge in [-0.25, -0.2) is 0 Å². The van der Waals surface area contributed by atoms with Gasteiger partial charge in [0.15, 0.2) is 0 Å². The van der Waals surface area contributed by atoms with Crippen molar-refractivity contribution in [2.24, 2.45) is 0 Å². The van der Waals surface area contributed by atoms with E-state index in [2.05, 4.69) is 165 Å². The SMILES string of the molecule is CCC(=O)Oc1c2cc(C(C)(C)C)cc1Cc1cc(C(C)(C)C)cc3c1OCCOCCOCCOCCOc1c(cc(C(C)(C)C)cc1C2)Cc1cc(C(C)(C)C)cc(c1O)Cc1cc(C(C)(C)C)cc(c1O)C3. The van der Waals surface area contributed by atoms with Gasteiger partial charge >= 0.3 is 5.97 Å². The molecule has 0 spiro atoms. The second-order valence-electron chi connectivity index (χ2n) is 26.2. The molecule has 75 heavy (non-hydrogen) atoms. The van der Waals surface area contributed by atoms with Crippen LogP contribution in [0.15, 0.2) is 60.7 Å². The second-order valence-corrected chi connectivity index (χ2v) is 26.2. The number of phenolic OH excluding ortho intramolecular Hbond substituents is 2. The number of fused-ring (bicyclic) bond motifs is 4. The van der Waals surface area contributed by atoms with Crippen molar-refractivity contribution >= 4 is 5.97 Å².